The highest BCUT2D eigenvalue weighted by Crippen LogP contribution is 2.24. The van der Waals surface area contributed by atoms with Gasteiger partial charge < -0.3 is 4.74 Å². The number of aromatic nitrogens is 2. The molecule has 7 heteroatoms. The van der Waals surface area contributed by atoms with Gasteiger partial charge in [-0.15, -0.1) is 0 Å². The Labute approximate surface area is 107 Å². The van der Waals surface area contributed by atoms with Crippen LogP contribution >= 0.6 is 11.3 Å². The van der Waals surface area contributed by atoms with Gasteiger partial charge in [-0.2, -0.15) is 4.39 Å². The molecular weight excluding hydrogens is 257 g/mol. The van der Waals surface area contributed by atoms with Crippen LogP contribution in [0.4, 0.5) is 14.3 Å². The highest BCUT2D eigenvalue weighted by Gasteiger charge is 2.17. The molecule has 0 saturated heterocycles. The fraction of sp³-hybridized carbons (Fsp3) is 0.364. The molecule has 2 aromatic heterocycles. The molecule has 0 atom stereocenters. The van der Waals surface area contributed by atoms with Crippen molar-refractivity contribution >= 4 is 32.9 Å². The third-order valence-corrected chi connectivity index (χ3v) is 2.71. The lowest BCUT2D eigenvalue weighted by Gasteiger charge is -2.18. The van der Waals surface area contributed by atoms with Gasteiger partial charge in [0.05, 0.1) is 0 Å². The molecular formula is C11H12FN3O2S. The molecule has 0 saturated carbocycles. The van der Waals surface area contributed by atoms with Gasteiger partial charge in [-0.3, -0.25) is 5.32 Å². The Morgan fingerprint density at radius 1 is 1.39 bits per heavy atom. The largest absolute Gasteiger partial charge is 0.444 e. The molecule has 0 aliphatic heterocycles. The van der Waals surface area contributed by atoms with E-state index in [0.717, 1.165) is 11.3 Å². The van der Waals surface area contributed by atoms with E-state index in [0.29, 0.717) is 15.5 Å². The Hall–Kier alpha value is -1.76. The number of fused-ring (bicyclic) bond motifs is 1. The predicted octanol–water partition coefficient (Wildman–Crippen LogP) is 3.18. The number of hydrogen-bond acceptors (Lipinski definition) is 5. The third kappa shape index (κ3) is 3.13. The average Bonchev–Trinajstić information content (AvgIpc) is 2.55. The second-order valence-corrected chi connectivity index (χ2v) is 5.58. The van der Waals surface area contributed by atoms with Gasteiger partial charge in [-0.05, 0) is 32.9 Å². The summed E-state index contributed by atoms with van der Waals surface area (Å²) in [6.45, 7) is 5.30. The first-order chi connectivity index (χ1) is 8.33. The van der Waals surface area contributed by atoms with Crippen LogP contribution in [-0.2, 0) is 4.74 Å². The van der Waals surface area contributed by atoms with E-state index in [1.54, 1.807) is 20.8 Å². The quantitative estimate of drug-likeness (QED) is 0.807. The average molecular weight is 269 g/mol. The summed E-state index contributed by atoms with van der Waals surface area (Å²) in [6.07, 6.45) is -0.595. The molecule has 1 N–H and O–H groups in total. The Morgan fingerprint density at radius 2 is 2.11 bits per heavy atom. The molecule has 0 aliphatic carbocycles. The van der Waals surface area contributed by atoms with Crippen molar-refractivity contribution in [1.82, 2.24) is 9.97 Å². The third-order valence-electron chi connectivity index (χ3n) is 1.83. The van der Waals surface area contributed by atoms with E-state index in [-0.39, 0.29) is 0 Å². The zero-order chi connectivity index (χ0) is 13.3. The van der Waals surface area contributed by atoms with E-state index in [4.69, 9.17) is 4.74 Å². The van der Waals surface area contributed by atoms with Crippen molar-refractivity contribution in [3.63, 3.8) is 0 Å². The number of ether oxygens (including phenoxy) is 1. The summed E-state index contributed by atoms with van der Waals surface area (Å²) >= 11 is 1.09. The molecule has 1 amide bonds. The summed E-state index contributed by atoms with van der Waals surface area (Å²) in [5.74, 6) is -0.574. The molecule has 2 rings (SSSR count). The van der Waals surface area contributed by atoms with Gasteiger partial charge in [-0.25, -0.2) is 14.8 Å². The van der Waals surface area contributed by atoms with Crippen molar-refractivity contribution in [3.8, 4) is 0 Å². The molecule has 0 unspecified atom stereocenters. The van der Waals surface area contributed by atoms with Crippen LogP contribution in [0.15, 0.2) is 12.1 Å². The second-order valence-electron chi connectivity index (χ2n) is 4.60. The van der Waals surface area contributed by atoms with Crippen molar-refractivity contribution in [2.24, 2.45) is 0 Å². The van der Waals surface area contributed by atoms with Crippen molar-refractivity contribution in [1.29, 1.82) is 0 Å². The van der Waals surface area contributed by atoms with E-state index < -0.39 is 17.6 Å². The SMILES string of the molecule is CC(C)(C)OC(=O)Nc1nc2ccc(F)nc2s1. The van der Waals surface area contributed by atoms with Gasteiger partial charge in [0.25, 0.3) is 0 Å². The maximum absolute atomic E-state index is 12.9. The molecule has 0 spiro atoms. The summed E-state index contributed by atoms with van der Waals surface area (Å²) < 4.78 is 18.0. The van der Waals surface area contributed by atoms with Gasteiger partial charge in [-0.1, -0.05) is 11.3 Å². The van der Waals surface area contributed by atoms with E-state index in [2.05, 4.69) is 15.3 Å². The molecule has 5 nitrogen and oxygen atoms in total. The van der Waals surface area contributed by atoms with Crippen molar-refractivity contribution in [2.75, 3.05) is 5.32 Å². The first kappa shape index (κ1) is 12.7. The summed E-state index contributed by atoms with van der Waals surface area (Å²) in [4.78, 5) is 19.7. The summed E-state index contributed by atoms with van der Waals surface area (Å²) in [7, 11) is 0. The topological polar surface area (TPSA) is 64.1 Å². The van der Waals surface area contributed by atoms with Gasteiger partial charge >= 0.3 is 6.09 Å². The van der Waals surface area contributed by atoms with Crippen LogP contribution in [0.3, 0.4) is 0 Å². The first-order valence-electron chi connectivity index (χ1n) is 5.26. The van der Waals surface area contributed by atoms with E-state index in [1.165, 1.54) is 12.1 Å². The van der Waals surface area contributed by atoms with Crippen LogP contribution in [-0.4, -0.2) is 21.7 Å². The van der Waals surface area contributed by atoms with E-state index >= 15 is 0 Å². The van der Waals surface area contributed by atoms with Crippen LogP contribution in [0.2, 0.25) is 0 Å². The van der Waals surface area contributed by atoms with Gasteiger partial charge in [0.2, 0.25) is 5.95 Å². The number of rotatable bonds is 1. The predicted molar refractivity (Wildman–Crippen MR) is 67.2 cm³/mol. The number of hydrogen-bond donors (Lipinski definition) is 1. The molecule has 0 fully saturated rings. The summed E-state index contributed by atoms with van der Waals surface area (Å²) in [5, 5.41) is 2.82. The number of amides is 1. The fourth-order valence-corrected chi connectivity index (χ4v) is 2.05. The zero-order valence-corrected chi connectivity index (χ0v) is 11.0. The highest BCUT2D eigenvalue weighted by atomic mass is 32.1. The number of halogens is 1. The maximum Gasteiger partial charge on any atom is 0.413 e. The Kier molecular flexibility index (Phi) is 3.16. The van der Waals surface area contributed by atoms with Crippen molar-refractivity contribution in [2.45, 2.75) is 26.4 Å². The van der Waals surface area contributed by atoms with Crippen LogP contribution in [0, 0.1) is 5.95 Å². The van der Waals surface area contributed by atoms with Gasteiger partial charge in [0.1, 0.15) is 15.9 Å². The Balaban J connectivity index is 2.15. The minimum atomic E-state index is -0.595. The van der Waals surface area contributed by atoms with Crippen molar-refractivity contribution < 1.29 is 13.9 Å². The number of carbonyl (C=O) groups is 1. The lowest BCUT2D eigenvalue weighted by atomic mass is 10.2. The standard InChI is InChI=1S/C11H12FN3O2S/c1-11(2,3)17-10(16)15-9-13-6-4-5-7(12)14-8(6)18-9/h4-5H,1-3H3,(H,13,15,16). The minimum absolute atomic E-state index is 0.331. The number of pyridine rings is 1. The molecule has 96 valence electrons. The highest BCUT2D eigenvalue weighted by molar-refractivity contribution is 7.21. The Morgan fingerprint density at radius 3 is 2.78 bits per heavy atom. The number of nitrogens with zero attached hydrogens (tertiary/aromatic N) is 2. The molecule has 0 radical (unpaired) electrons. The minimum Gasteiger partial charge on any atom is -0.444 e. The van der Waals surface area contributed by atoms with E-state index in [1.807, 2.05) is 0 Å². The molecule has 0 aromatic carbocycles. The smallest absolute Gasteiger partial charge is 0.413 e. The fourth-order valence-electron chi connectivity index (χ4n) is 1.24. The molecule has 0 aliphatic rings. The Bertz CT molecular complexity index is 591. The monoisotopic (exact) mass is 269 g/mol. The van der Waals surface area contributed by atoms with Crippen LogP contribution in [0.1, 0.15) is 20.8 Å². The first-order valence-corrected chi connectivity index (χ1v) is 6.08. The maximum atomic E-state index is 12.9. The zero-order valence-electron chi connectivity index (χ0n) is 10.2. The normalized spacial score (nSPS) is 11.6. The summed E-state index contributed by atoms with van der Waals surface area (Å²) in [6, 6.07) is 2.73. The molecule has 18 heavy (non-hydrogen) atoms. The van der Waals surface area contributed by atoms with Crippen LogP contribution < -0.4 is 5.32 Å². The van der Waals surface area contributed by atoms with Crippen LogP contribution in [0.5, 0.6) is 0 Å². The lowest BCUT2D eigenvalue weighted by molar-refractivity contribution is 0.0636. The van der Waals surface area contributed by atoms with Crippen LogP contribution in [0.25, 0.3) is 10.3 Å². The molecule has 2 heterocycles. The van der Waals surface area contributed by atoms with Gasteiger partial charge in [0, 0.05) is 0 Å². The number of anilines is 1. The number of nitrogens with one attached hydrogen (secondary N) is 1. The second kappa shape index (κ2) is 4.49. The van der Waals surface area contributed by atoms with Crippen molar-refractivity contribution in [3.05, 3.63) is 18.1 Å². The molecule has 0 bridgehead atoms. The van der Waals surface area contributed by atoms with E-state index in [9.17, 15) is 9.18 Å². The number of carbonyl (C=O) groups excluding carboxylic acids is 1. The summed E-state index contributed by atoms with van der Waals surface area (Å²) in [5.41, 5.74) is -0.0436. The van der Waals surface area contributed by atoms with Gasteiger partial charge in [0.15, 0.2) is 5.13 Å². The lowest BCUT2D eigenvalue weighted by Crippen LogP contribution is -2.27. The molecule has 2 aromatic rings. The number of thiazole rings is 1.